The smallest absolute Gasteiger partial charge is 0.255 e. The van der Waals surface area contributed by atoms with E-state index in [2.05, 4.69) is 17.2 Å². The number of hydrogen-bond acceptors (Lipinski definition) is 4. The van der Waals surface area contributed by atoms with Crippen LogP contribution in [-0.2, 0) is 0 Å². The minimum atomic E-state index is -0.378. The minimum absolute atomic E-state index is 0.236. The molecule has 0 bridgehead atoms. The Morgan fingerprint density at radius 3 is 2.43 bits per heavy atom. The second-order valence-electron chi connectivity index (χ2n) is 8.20. The van der Waals surface area contributed by atoms with Gasteiger partial charge in [0.2, 0.25) is 0 Å². The van der Waals surface area contributed by atoms with Crippen LogP contribution < -0.4 is 16.4 Å². The highest BCUT2D eigenvalue weighted by Gasteiger charge is 2.22. The number of nitrogens with one attached hydrogen (secondary N) is 2. The molecule has 0 radical (unpaired) electrons. The van der Waals surface area contributed by atoms with Gasteiger partial charge < -0.3 is 20.8 Å². The van der Waals surface area contributed by atoms with Gasteiger partial charge in [0.05, 0.1) is 5.56 Å². The van der Waals surface area contributed by atoms with E-state index in [1.165, 1.54) is 18.3 Å². The number of fused-ring (bicyclic) bond motifs is 1. The maximum atomic E-state index is 13.5. The van der Waals surface area contributed by atoms with Crippen molar-refractivity contribution in [1.82, 2.24) is 10.6 Å². The summed E-state index contributed by atoms with van der Waals surface area (Å²) >= 11 is 0. The van der Waals surface area contributed by atoms with E-state index in [1.54, 1.807) is 61.7 Å². The van der Waals surface area contributed by atoms with E-state index < -0.39 is 0 Å². The van der Waals surface area contributed by atoms with Gasteiger partial charge in [0.15, 0.2) is 0 Å². The molecule has 0 aliphatic heterocycles. The summed E-state index contributed by atoms with van der Waals surface area (Å²) in [5, 5.41) is 6.14. The Kier molecular flexibility index (Phi) is 7.64. The van der Waals surface area contributed by atoms with Gasteiger partial charge in [0.25, 0.3) is 11.8 Å². The Balaban J connectivity index is 1.69. The maximum absolute atomic E-state index is 13.5. The summed E-state index contributed by atoms with van der Waals surface area (Å²) in [6, 6.07) is 18.5. The Morgan fingerprint density at radius 1 is 1.00 bits per heavy atom. The average molecular weight is 496 g/mol. The van der Waals surface area contributed by atoms with Crippen molar-refractivity contribution in [3.63, 3.8) is 0 Å². The summed E-state index contributed by atoms with van der Waals surface area (Å²) in [5.41, 5.74) is 9.74. The Bertz CT molecular complexity index is 1530. The quantitative estimate of drug-likeness (QED) is 0.278. The summed E-state index contributed by atoms with van der Waals surface area (Å²) in [5.74, 6) is -0.578. The number of furan rings is 1. The van der Waals surface area contributed by atoms with Gasteiger partial charge in [-0.25, -0.2) is 4.39 Å². The molecule has 0 aliphatic carbocycles. The highest BCUT2D eigenvalue weighted by atomic mass is 19.1. The second kappa shape index (κ2) is 11.2. The molecule has 0 saturated carbocycles. The van der Waals surface area contributed by atoms with Crippen molar-refractivity contribution >= 4 is 22.8 Å². The summed E-state index contributed by atoms with van der Waals surface area (Å²) in [4.78, 5) is 25.6. The normalized spacial score (nSPS) is 11.6. The average Bonchev–Trinajstić information content (AvgIpc) is 3.32. The lowest BCUT2D eigenvalue weighted by Crippen LogP contribution is -2.25. The van der Waals surface area contributed by atoms with Crippen LogP contribution in [0.4, 0.5) is 4.39 Å². The lowest BCUT2D eigenvalue weighted by Gasteiger charge is -2.08. The van der Waals surface area contributed by atoms with Crippen LogP contribution in [0.5, 0.6) is 0 Å². The van der Waals surface area contributed by atoms with Gasteiger partial charge in [-0.3, -0.25) is 9.59 Å². The number of hydrogen-bond donors (Lipinski definition) is 3. The largest absolute Gasteiger partial charge is 0.455 e. The first-order chi connectivity index (χ1) is 17.9. The van der Waals surface area contributed by atoms with E-state index in [-0.39, 0.29) is 17.6 Å². The predicted octanol–water partition coefficient (Wildman–Crippen LogP) is 5.58. The van der Waals surface area contributed by atoms with Crippen molar-refractivity contribution in [1.29, 1.82) is 0 Å². The zero-order valence-electron chi connectivity index (χ0n) is 20.3. The number of carbonyl (C=O) groups excluding carboxylic acids is 2. The van der Waals surface area contributed by atoms with Gasteiger partial charge in [-0.15, -0.1) is 0 Å². The minimum Gasteiger partial charge on any atom is -0.455 e. The second-order valence-corrected chi connectivity index (χ2v) is 8.20. The summed E-state index contributed by atoms with van der Waals surface area (Å²) in [7, 11) is 1.54. The lowest BCUT2D eigenvalue weighted by molar-refractivity contribution is 0.0952. The Labute approximate surface area is 214 Å². The molecule has 0 atom stereocenters. The van der Waals surface area contributed by atoms with Gasteiger partial charge in [0, 0.05) is 30.1 Å². The number of carbonyl (C=O) groups is 2. The zero-order valence-corrected chi connectivity index (χ0v) is 20.3. The molecular weight excluding hydrogens is 469 g/mol. The summed E-state index contributed by atoms with van der Waals surface area (Å²) in [6.07, 6.45) is 6.50. The molecular formula is C30H26FN3O3. The van der Waals surface area contributed by atoms with Crippen molar-refractivity contribution in [2.75, 3.05) is 13.6 Å². The molecule has 37 heavy (non-hydrogen) atoms. The molecule has 6 nitrogen and oxygen atoms in total. The highest BCUT2D eigenvalue weighted by molar-refractivity contribution is 6.11. The molecule has 1 aromatic heterocycles. The van der Waals surface area contributed by atoms with Gasteiger partial charge >= 0.3 is 0 Å². The van der Waals surface area contributed by atoms with Crippen molar-refractivity contribution in [2.45, 2.75) is 0 Å². The number of benzene rings is 3. The molecule has 4 rings (SSSR count). The lowest BCUT2D eigenvalue weighted by atomic mass is 9.99. The molecule has 3 aromatic carbocycles. The standard InChI is InChI=1S/C30H26FN3O3/c1-3-19(6-5-15-32)18-34-29(35)23-8-4-7-21(16-23)22-11-14-26-25(17-22)27(30(36)33-2)28(37-26)20-9-12-24(31)13-10-20/h3-17H,1,18,32H2,2H3,(H,33,36)(H,34,35)/b15-5-,19-6+. The molecule has 1 heterocycles. The fraction of sp³-hybridized carbons (Fsp3) is 0.0667. The number of halogens is 1. The van der Waals surface area contributed by atoms with Crippen LogP contribution >= 0.6 is 0 Å². The maximum Gasteiger partial charge on any atom is 0.255 e. The van der Waals surface area contributed by atoms with E-state index in [0.717, 1.165) is 16.7 Å². The van der Waals surface area contributed by atoms with Gasteiger partial charge in [-0.1, -0.05) is 36.9 Å². The van der Waals surface area contributed by atoms with E-state index in [0.29, 0.717) is 40.0 Å². The molecule has 0 spiro atoms. The molecule has 7 heteroatoms. The first kappa shape index (κ1) is 25.2. The topological polar surface area (TPSA) is 97.4 Å². The summed E-state index contributed by atoms with van der Waals surface area (Å²) in [6.45, 7) is 4.05. The van der Waals surface area contributed by atoms with Crippen LogP contribution in [0.1, 0.15) is 20.7 Å². The monoisotopic (exact) mass is 495 g/mol. The Morgan fingerprint density at radius 2 is 1.73 bits per heavy atom. The number of amides is 2. The molecule has 0 unspecified atom stereocenters. The predicted molar refractivity (Wildman–Crippen MR) is 144 cm³/mol. The third kappa shape index (κ3) is 5.51. The van der Waals surface area contributed by atoms with E-state index in [4.69, 9.17) is 10.2 Å². The fourth-order valence-electron chi connectivity index (χ4n) is 3.93. The zero-order chi connectivity index (χ0) is 26.4. The SMILES string of the molecule is C=C/C(=C\C=C/N)CNC(=O)c1cccc(-c2ccc3oc(-c4ccc(F)cc4)c(C(=O)NC)c3c2)c1. The van der Waals surface area contributed by atoms with E-state index in [9.17, 15) is 14.0 Å². The third-order valence-electron chi connectivity index (χ3n) is 5.84. The highest BCUT2D eigenvalue weighted by Crippen LogP contribution is 2.36. The van der Waals surface area contributed by atoms with Crippen molar-refractivity contribution in [3.8, 4) is 22.5 Å². The number of nitrogens with two attached hydrogens (primary N) is 1. The molecule has 186 valence electrons. The molecule has 4 N–H and O–H groups in total. The molecule has 2 amide bonds. The molecule has 4 aromatic rings. The first-order valence-electron chi connectivity index (χ1n) is 11.6. The van der Waals surface area contributed by atoms with Gasteiger partial charge in [-0.05, 0) is 77.5 Å². The van der Waals surface area contributed by atoms with Crippen LogP contribution in [0.15, 0.2) is 108 Å². The molecule has 0 saturated heterocycles. The van der Waals surface area contributed by atoms with E-state index in [1.807, 2.05) is 18.2 Å². The first-order valence-corrected chi connectivity index (χ1v) is 11.6. The fourth-order valence-corrected chi connectivity index (χ4v) is 3.93. The Hall–Kier alpha value is -4.91. The van der Waals surface area contributed by atoms with Gasteiger partial charge in [0.1, 0.15) is 17.2 Å². The van der Waals surface area contributed by atoms with Crippen LogP contribution in [0, 0.1) is 5.82 Å². The van der Waals surface area contributed by atoms with Crippen molar-refractivity contribution in [3.05, 3.63) is 120 Å². The molecule has 0 aliphatic rings. The number of allylic oxidation sites excluding steroid dienone is 2. The third-order valence-corrected chi connectivity index (χ3v) is 5.84. The van der Waals surface area contributed by atoms with Crippen LogP contribution in [0.25, 0.3) is 33.4 Å². The van der Waals surface area contributed by atoms with Crippen LogP contribution in [0.3, 0.4) is 0 Å². The summed E-state index contributed by atoms with van der Waals surface area (Å²) < 4.78 is 19.5. The van der Waals surface area contributed by atoms with Crippen molar-refractivity contribution in [2.24, 2.45) is 5.73 Å². The van der Waals surface area contributed by atoms with Crippen molar-refractivity contribution < 1.29 is 18.4 Å². The van der Waals surface area contributed by atoms with Gasteiger partial charge in [-0.2, -0.15) is 0 Å². The van der Waals surface area contributed by atoms with E-state index >= 15 is 0 Å². The number of rotatable bonds is 8. The van der Waals surface area contributed by atoms with Crippen LogP contribution in [-0.4, -0.2) is 25.4 Å². The van der Waals surface area contributed by atoms with Crippen LogP contribution in [0.2, 0.25) is 0 Å². The molecule has 0 fully saturated rings.